The molecule has 4 atom stereocenters. The van der Waals surface area contributed by atoms with Crippen molar-refractivity contribution in [2.45, 2.75) is 148 Å². The first-order valence-electron chi connectivity index (χ1n) is 17.7. The third-order valence-electron chi connectivity index (χ3n) is 9.19. The summed E-state index contributed by atoms with van der Waals surface area (Å²) in [4.78, 5) is 11.6. The highest BCUT2D eigenvalue weighted by Crippen LogP contribution is 2.40. The zero-order chi connectivity index (χ0) is 32.5. The molecule has 1 saturated heterocycles. The molecule has 5 nitrogen and oxygen atoms in total. The van der Waals surface area contributed by atoms with E-state index >= 15 is 0 Å². The predicted octanol–water partition coefficient (Wildman–Crippen LogP) is 8.27. The van der Waals surface area contributed by atoms with Crippen LogP contribution in [-0.4, -0.2) is 50.4 Å². The van der Waals surface area contributed by atoms with Crippen molar-refractivity contribution in [3.05, 3.63) is 72.8 Å². The first kappa shape index (κ1) is 37.2. The number of hydrogen-bond acceptors (Lipinski definition) is 5. The first-order valence-corrected chi connectivity index (χ1v) is 19.6. The van der Waals surface area contributed by atoms with Gasteiger partial charge in [0.05, 0.1) is 31.0 Å². The van der Waals surface area contributed by atoms with E-state index in [9.17, 15) is 9.90 Å². The Kier molecular flexibility index (Phi) is 16.1. The van der Waals surface area contributed by atoms with E-state index in [2.05, 4.69) is 88.4 Å². The van der Waals surface area contributed by atoms with Gasteiger partial charge in [0.25, 0.3) is 8.32 Å². The summed E-state index contributed by atoms with van der Waals surface area (Å²) in [5.74, 6) is -0.339. The number of esters is 1. The average Bonchev–Trinajstić information content (AvgIpc) is 3.53. The van der Waals surface area contributed by atoms with E-state index in [1.54, 1.807) is 13.0 Å². The monoisotopic (exact) mass is 636 g/mol. The maximum absolute atomic E-state index is 11.6. The summed E-state index contributed by atoms with van der Waals surface area (Å²) >= 11 is 0. The lowest BCUT2D eigenvalue weighted by atomic mass is 10.0. The van der Waals surface area contributed by atoms with Gasteiger partial charge < -0.3 is 19.0 Å². The molecule has 1 aliphatic rings. The number of aliphatic hydroxyl groups excluding tert-OH is 1. The largest absolute Gasteiger partial charge is 0.463 e. The summed E-state index contributed by atoms with van der Waals surface area (Å²) < 4.78 is 19.3. The van der Waals surface area contributed by atoms with Crippen LogP contribution in [0.25, 0.3) is 0 Å². The van der Waals surface area contributed by atoms with E-state index in [0.717, 1.165) is 25.7 Å². The number of benzene rings is 2. The van der Waals surface area contributed by atoms with Crippen molar-refractivity contribution in [3.8, 4) is 0 Å². The van der Waals surface area contributed by atoms with Crippen molar-refractivity contribution in [2.24, 2.45) is 0 Å². The molecule has 2 aromatic carbocycles. The molecule has 0 radical (unpaired) electrons. The molecule has 2 aromatic rings. The lowest BCUT2D eigenvalue weighted by molar-refractivity contribution is -0.137. The van der Waals surface area contributed by atoms with Gasteiger partial charge in [-0.3, -0.25) is 0 Å². The van der Waals surface area contributed by atoms with Gasteiger partial charge in [0.2, 0.25) is 0 Å². The van der Waals surface area contributed by atoms with E-state index in [1.807, 2.05) is 0 Å². The van der Waals surface area contributed by atoms with Gasteiger partial charge in [0, 0.05) is 6.08 Å². The van der Waals surface area contributed by atoms with Crippen molar-refractivity contribution in [1.82, 2.24) is 0 Å². The maximum Gasteiger partial charge on any atom is 0.330 e. The third-order valence-corrected chi connectivity index (χ3v) is 14.2. The van der Waals surface area contributed by atoms with Crippen LogP contribution in [-0.2, 0) is 18.7 Å². The molecule has 0 amide bonds. The van der Waals surface area contributed by atoms with Gasteiger partial charge in [-0.25, -0.2) is 4.79 Å². The quantitative estimate of drug-likeness (QED) is 0.0686. The Hall–Kier alpha value is -2.25. The normalized spacial score (nSPS) is 18.7. The third kappa shape index (κ3) is 11.2. The Morgan fingerprint density at radius 1 is 0.867 bits per heavy atom. The van der Waals surface area contributed by atoms with Crippen molar-refractivity contribution in [2.75, 3.05) is 6.61 Å². The molecule has 6 heteroatoms. The van der Waals surface area contributed by atoms with Crippen molar-refractivity contribution >= 4 is 24.7 Å². The molecule has 3 rings (SSSR count). The number of allylic oxidation sites excluding steroid dienone is 1. The van der Waals surface area contributed by atoms with Gasteiger partial charge in [-0.1, -0.05) is 146 Å². The zero-order valence-electron chi connectivity index (χ0n) is 28.7. The lowest BCUT2D eigenvalue weighted by Gasteiger charge is -2.46. The van der Waals surface area contributed by atoms with Gasteiger partial charge in [0.1, 0.15) is 0 Å². The van der Waals surface area contributed by atoms with Gasteiger partial charge >= 0.3 is 5.97 Å². The van der Waals surface area contributed by atoms with Crippen LogP contribution < -0.4 is 10.4 Å². The Bertz CT molecular complexity index is 1070. The number of carbonyl (C=O) groups is 1. The Labute approximate surface area is 274 Å². The second-order valence-electron chi connectivity index (χ2n) is 13.7. The second-order valence-corrected chi connectivity index (χ2v) is 17.9. The topological polar surface area (TPSA) is 65.0 Å². The minimum atomic E-state index is -2.76. The number of ether oxygens (including phenoxy) is 2. The molecular formula is C39H60O5Si. The average molecular weight is 637 g/mol. The summed E-state index contributed by atoms with van der Waals surface area (Å²) in [5, 5.41) is 13.5. The highest BCUT2D eigenvalue weighted by molar-refractivity contribution is 6.99. The molecule has 1 fully saturated rings. The molecule has 0 spiro atoms. The first-order chi connectivity index (χ1) is 21.7. The van der Waals surface area contributed by atoms with Crippen LogP contribution >= 0.6 is 0 Å². The van der Waals surface area contributed by atoms with E-state index in [4.69, 9.17) is 13.9 Å². The molecule has 1 aliphatic heterocycles. The van der Waals surface area contributed by atoms with Crippen LogP contribution in [0.2, 0.25) is 5.04 Å². The fourth-order valence-corrected chi connectivity index (χ4v) is 11.5. The van der Waals surface area contributed by atoms with Crippen LogP contribution in [0, 0.1) is 0 Å². The van der Waals surface area contributed by atoms with Gasteiger partial charge in [-0.2, -0.15) is 0 Å². The Morgan fingerprint density at radius 2 is 1.42 bits per heavy atom. The number of hydrogen-bond donors (Lipinski definition) is 1. The van der Waals surface area contributed by atoms with Gasteiger partial charge in [-0.05, 0) is 54.4 Å². The molecule has 1 N–H and O–H groups in total. The summed E-state index contributed by atoms with van der Waals surface area (Å²) in [6.45, 7) is 11.4. The molecule has 0 bridgehead atoms. The Morgan fingerprint density at radius 3 is 1.98 bits per heavy atom. The number of carbonyl (C=O) groups excluding carboxylic acids is 1. The zero-order valence-corrected chi connectivity index (χ0v) is 29.7. The van der Waals surface area contributed by atoms with Gasteiger partial charge in [-0.15, -0.1) is 0 Å². The fraction of sp³-hybridized carbons (Fsp3) is 0.615. The van der Waals surface area contributed by atoms with Gasteiger partial charge in [0.15, 0.2) is 0 Å². The summed E-state index contributed by atoms with van der Waals surface area (Å²) in [5.41, 5.74) is 0. The standard InChI is InChI=1S/C39H60O5Si/c1-6-8-9-10-11-12-13-20-28-37(36-31-30-35(43-36)34(40)27-21-22-29-38(41)42-7-2)44-45(39(3,4)5,32-23-16-14-17-24-32)33-25-18-15-19-26-33/h14-19,22-26,29,34-37,40H,6-13,20-21,27-28,30-31H2,1-5H3/b29-22+/t34-,35+,36-,37-/m1/s1. The van der Waals surface area contributed by atoms with Crippen molar-refractivity contribution < 1.29 is 23.8 Å². The van der Waals surface area contributed by atoms with Crippen LogP contribution in [0.1, 0.15) is 118 Å². The van der Waals surface area contributed by atoms with Crippen LogP contribution in [0.5, 0.6) is 0 Å². The lowest BCUT2D eigenvalue weighted by Crippen LogP contribution is -2.68. The molecular weight excluding hydrogens is 577 g/mol. The second kappa shape index (κ2) is 19.4. The molecule has 0 saturated carbocycles. The fourth-order valence-electron chi connectivity index (χ4n) is 6.79. The maximum atomic E-state index is 11.6. The molecule has 0 aliphatic carbocycles. The highest BCUT2D eigenvalue weighted by Gasteiger charge is 2.52. The van der Waals surface area contributed by atoms with E-state index in [-0.39, 0.29) is 29.3 Å². The number of aliphatic hydroxyl groups is 1. The van der Waals surface area contributed by atoms with E-state index in [1.165, 1.54) is 61.4 Å². The predicted molar refractivity (Wildman–Crippen MR) is 189 cm³/mol. The van der Waals surface area contributed by atoms with Crippen LogP contribution in [0.3, 0.4) is 0 Å². The van der Waals surface area contributed by atoms with E-state index in [0.29, 0.717) is 19.4 Å². The minimum Gasteiger partial charge on any atom is -0.463 e. The van der Waals surface area contributed by atoms with Crippen LogP contribution in [0.15, 0.2) is 72.8 Å². The molecule has 1 heterocycles. The summed E-state index contributed by atoms with van der Waals surface area (Å²) in [6, 6.07) is 21.7. The SMILES string of the molecule is CCCCCCCCCC[C@@H](O[Si](c1ccccc1)(c1ccccc1)C(C)(C)C)[C@H]1CC[C@@H]([C@H](O)CC/C=C/C(=O)OCC)O1. The van der Waals surface area contributed by atoms with E-state index < -0.39 is 14.4 Å². The Balaban J connectivity index is 1.80. The highest BCUT2D eigenvalue weighted by atomic mass is 28.4. The molecule has 0 aromatic heterocycles. The molecule has 45 heavy (non-hydrogen) atoms. The smallest absolute Gasteiger partial charge is 0.330 e. The summed E-state index contributed by atoms with van der Waals surface area (Å²) in [7, 11) is -2.76. The van der Waals surface area contributed by atoms with Crippen molar-refractivity contribution in [1.29, 1.82) is 0 Å². The van der Waals surface area contributed by atoms with Crippen LogP contribution in [0.4, 0.5) is 0 Å². The number of unbranched alkanes of at least 4 members (excludes halogenated alkanes) is 7. The molecule has 0 unspecified atom stereocenters. The molecule has 250 valence electrons. The summed E-state index contributed by atoms with van der Waals surface area (Å²) in [6.07, 6.45) is 16.3. The minimum absolute atomic E-state index is 0.0581. The van der Waals surface area contributed by atoms with Crippen molar-refractivity contribution in [3.63, 3.8) is 0 Å². The number of rotatable bonds is 20.